The van der Waals surface area contributed by atoms with Crippen LogP contribution in [0.25, 0.3) is 11.5 Å². The van der Waals surface area contributed by atoms with Crippen LogP contribution in [0, 0.1) is 0 Å². The molecule has 0 unspecified atom stereocenters. The zero-order valence-electron chi connectivity index (χ0n) is 16.4. The largest absolute Gasteiger partial charge is 0.497 e. The molecule has 0 radical (unpaired) electrons. The van der Waals surface area contributed by atoms with Crippen molar-refractivity contribution in [2.24, 2.45) is 0 Å². The zero-order valence-corrected chi connectivity index (χ0v) is 16.4. The van der Waals surface area contributed by atoms with Crippen molar-refractivity contribution in [3.05, 3.63) is 54.6 Å². The molecule has 1 N–H and O–H groups in total. The van der Waals surface area contributed by atoms with Gasteiger partial charge in [0.25, 0.3) is 5.91 Å². The first-order valence-corrected chi connectivity index (χ1v) is 9.25. The molecule has 0 aliphatic rings. The van der Waals surface area contributed by atoms with Crippen LogP contribution in [0.5, 0.6) is 11.5 Å². The van der Waals surface area contributed by atoms with E-state index < -0.39 is 18.5 Å². The van der Waals surface area contributed by atoms with Crippen molar-refractivity contribution >= 4 is 17.9 Å². The third kappa shape index (κ3) is 6.33. The Balaban J connectivity index is 1.32. The molecule has 0 spiro atoms. The van der Waals surface area contributed by atoms with E-state index in [9.17, 15) is 9.59 Å². The molecule has 0 saturated heterocycles. The Morgan fingerprint density at radius 3 is 2.47 bits per heavy atom. The molecule has 0 aliphatic carbocycles. The number of benzene rings is 2. The lowest BCUT2D eigenvalue weighted by molar-refractivity contribution is -0.147. The van der Waals surface area contributed by atoms with Gasteiger partial charge in [0.2, 0.25) is 5.89 Å². The summed E-state index contributed by atoms with van der Waals surface area (Å²) in [6.45, 7) is -0.0981. The number of carbonyl (C=O) groups is 2. The van der Waals surface area contributed by atoms with Gasteiger partial charge in [-0.25, -0.2) is 0 Å². The van der Waals surface area contributed by atoms with E-state index in [4.69, 9.17) is 18.6 Å². The van der Waals surface area contributed by atoms with Gasteiger partial charge in [0.05, 0.1) is 13.7 Å². The van der Waals surface area contributed by atoms with Crippen LogP contribution in [-0.2, 0) is 14.3 Å². The molecular weight excluding hydrogens is 390 g/mol. The molecule has 1 amide bonds. The molecule has 0 aliphatic heterocycles. The van der Waals surface area contributed by atoms with E-state index in [1.54, 1.807) is 43.5 Å². The van der Waals surface area contributed by atoms with Crippen molar-refractivity contribution in [3.63, 3.8) is 0 Å². The van der Waals surface area contributed by atoms with E-state index in [2.05, 4.69) is 15.5 Å². The van der Waals surface area contributed by atoms with Crippen molar-refractivity contribution in [1.29, 1.82) is 0 Å². The Kier molecular flexibility index (Phi) is 7.37. The monoisotopic (exact) mass is 411 g/mol. The second kappa shape index (κ2) is 10.6. The molecule has 9 nitrogen and oxygen atoms in total. The summed E-state index contributed by atoms with van der Waals surface area (Å²) in [7, 11) is 1.59. The summed E-state index contributed by atoms with van der Waals surface area (Å²) in [4.78, 5) is 23.6. The number of nitrogens with zero attached hydrogens (tertiary/aromatic N) is 2. The summed E-state index contributed by atoms with van der Waals surface area (Å²) in [5, 5.41) is 10.00. The lowest BCUT2D eigenvalue weighted by atomic mass is 10.2. The fourth-order valence-electron chi connectivity index (χ4n) is 2.42. The third-order valence-corrected chi connectivity index (χ3v) is 3.91. The van der Waals surface area contributed by atoms with Crippen molar-refractivity contribution < 1.29 is 28.2 Å². The molecule has 1 heterocycles. The highest BCUT2D eigenvalue weighted by molar-refractivity contribution is 5.90. The van der Waals surface area contributed by atoms with Crippen molar-refractivity contribution in [3.8, 4) is 23.0 Å². The summed E-state index contributed by atoms with van der Waals surface area (Å²) in [5.41, 5.74) is 0.730. The maximum Gasteiger partial charge on any atom is 0.322 e. The molecule has 0 atom stereocenters. The van der Waals surface area contributed by atoms with E-state index in [1.807, 2.05) is 18.2 Å². The number of hydrogen-bond donors (Lipinski definition) is 1. The Hall–Kier alpha value is -3.88. The van der Waals surface area contributed by atoms with Crippen LogP contribution in [0.3, 0.4) is 0 Å². The van der Waals surface area contributed by atoms with Gasteiger partial charge < -0.3 is 18.6 Å². The number of carbonyl (C=O) groups excluding carboxylic acids is 2. The first kappa shape index (κ1) is 20.8. The summed E-state index contributed by atoms with van der Waals surface area (Å²) < 4.78 is 20.9. The number of anilines is 1. The van der Waals surface area contributed by atoms with Crippen LogP contribution in [0.4, 0.5) is 6.01 Å². The normalized spacial score (nSPS) is 10.3. The van der Waals surface area contributed by atoms with Gasteiger partial charge in [0.15, 0.2) is 6.61 Å². The van der Waals surface area contributed by atoms with Crippen molar-refractivity contribution in [2.75, 3.05) is 25.6 Å². The predicted molar refractivity (Wildman–Crippen MR) is 107 cm³/mol. The SMILES string of the molecule is COc1ccc(OCCCC(=O)OCC(=O)Nc2nnc(-c3ccccc3)o2)cc1. The van der Waals surface area contributed by atoms with Crippen LogP contribution in [0.2, 0.25) is 0 Å². The minimum Gasteiger partial charge on any atom is -0.497 e. The molecule has 0 bridgehead atoms. The maximum atomic E-state index is 11.9. The number of esters is 1. The third-order valence-electron chi connectivity index (χ3n) is 3.91. The summed E-state index contributed by atoms with van der Waals surface area (Å²) >= 11 is 0. The lowest BCUT2D eigenvalue weighted by Gasteiger charge is -2.07. The minimum atomic E-state index is -0.568. The molecule has 3 aromatic rings. The highest BCUT2D eigenvalue weighted by atomic mass is 16.5. The quantitative estimate of drug-likeness (QED) is 0.400. The van der Waals surface area contributed by atoms with Crippen LogP contribution >= 0.6 is 0 Å². The first-order valence-electron chi connectivity index (χ1n) is 9.25. The second-order valence-electron chi connectivity index (χ2n) is 6.11. The highest BCUT2D eigenvalue weighted by Gasteiger charge is 2.13. The molecule has 1 aromatic heterocycles. The maximum absolute atomic E-state index is 11.9. The second-order valence-corrected chi connectivity index (χ2v) is 6.11. The number of rotatable bonds is 10. The molecule has 0 saturated carbocycles. The molecule has 156 valence electrons. The van der Waals surface area contributed by atoms with E-state index in [0.717, 1.165) is 11.3 Å². The average Bonchev–Trinajstić information content (AvgIpc) is 3.25. The summed E-state index contributed by atoms with van der Waals surface area (Å²) in [6.07, 6.45) is 0.582. The molecular formula is C21H21N3O6. The van der Waals surface area contributed by atoms with Gasteiger partial charge in [-0.3, -0.25) is 14.9 Å². The first-order chi connectivity index (χ1) is 14.6. The predicted octanol–water partition coefficient (Wildman–Crippen LogP) is 3.09. The van der Waals surface area contributed by atoms with E-state index in [0.29, 0.717) is 18.8 Å². The Labute approximate surface area is 173 Å². The van der Waals surface area contributed by atoms with Gasteiger partial charge in [-0.15, -0.1) is 5.10 Å². The Morgan fingerprint density at radius 1 is 1.00 bits per heavy atom. The standard InChI is InChI=1S/C21H21N3O6/c1-27-16-9-11-17(12-10-16)28-13-5-8-19(26)29-14-18(25)22-21-24-23-20(30-21)15-6-3-2-4-7-15/h2-4,6-7,9-12H,5,8,13-14H2,1H3,(H,22,24,25). The van der Waals surface area contributed by atoms with Gasteiger partial charge in [-0.05, 0) is 42.8 Å². The number of aromatic nitrogens is 2. The van der Waals surface area contributed by atoms with Gasteiger partial charge in [-0.1, -0.05) is 23.3 Å². The molecule has 3 rings (SSSR count). The fraction of sp³-hybridized carbons (Fsp3) is 0.238. The average molecular weight is 411 g/mol. The summed E-state index contributed by atoms with van der Waals surface area (Å²) in [6, 6.07) is 16.2. The van der Waals surface area contributed by atoms with Gasteiger partial charge >= 0.3 is 12.0 Å². The molecule has 9 heteroatoms. The minimum absolute atomic E-state index is 0.0669. The van der Waals surface area contributed by atoms with Gasteiger partial charge in [-0.2, -0.15) is 0 Å². The lowest BCUT2D eigenvalue weighted by Crippen LogP contribution is -2.21. The fourth-order valence-corrected chi connectivity index (χ4v) is 2.42. The zero-order chi connectivity index (χ0) is 21.2. The Bertz CT molecular complexity index is 956. The van der Waals surface area contributed by atoms with E-state index in [1.165, 1.54) is 0 Å². The number of nitrogens with one attached hydrogen (secondary N) is 1. The van der Waals surface area contributed by atoms with Crippen LogP contribution in [0.15, 0.2) is 59.0 Å². The highest BCUT2D eigenvalue weighted by Crippen LogP contribution is 2.19. The van der Waals surface area contributed by atoms with Crippen LogP contribution < -0.4 is 14.8 Å². The van der Waals surface area contributed by atoms with Crippen LogP contribution in [-0.4, -0.2) is 42.4 Å². The smallest absolute Gasteiger partial charge is 0.322 e. The van der Waals surface area contributed by atoms with Crippen LogP contribution in [0.1, 0.15) is 12.8 Å². The number of amides is 1. The van der Waals surface area contributed by atoms with E-state index in [-0.39, 0.29) is 18.3 Å². The van der Waals surface area contributed by atoms with Crippen molar-refractivity contribution in [2.45, 2.75) is 12.8 Å². The molecule has 0 fully saturated rings. The topological polar surface area (TPSA) is 113 Å². The number of methoxy groups -OCH3 is 1. The number of ether oxygens (including phenoxy) is 3. The molecule has 30 heavy (non-hydrogen) atoms. The van der Waals surface area contributed by atoms with Gasteiger partial charge in [0.1, 0.15) is 11.5 Å². The number of hydrogen-bond acceptors (Lipinski definition) is 8. The Morgan fingerprint density at radius 2 is 1.73 bits per heavy atom. The molecule has 2 aromatic carbocycles. The summed E-state index contributed by atoms with van der Waals surface area (Å²) in [5.74, 6) is 0.624. The van der Waals surface area contributed by atoms with Crippen molar-refractivity contribution in [1.82, 2.24) is 10.2 Å². The van der Waals surface area contributed by atoms with E-state index >= 15 is 0 Å². The van der Waals surface area contributed by atoms with Gasteiger partial charge in [0, 0.05) is 12.0 Å².